The summed E-state index contributed by atoms with van der Waals surface area (Å²) < 4.78 is 0. The zero-order valence-corrected chi connectivity index (χ0v) is 13.4. The van der Waals surface area contributed by atoms with Crippen LogP contribution in [0.4, 0.5) is 0 Å². The van der Waals surface area contributed by atoms with Crippen molar-refractivity contribution in [1.82, 2.24) is 5.32 Å². The zero-order chi connectivity index (χ0) is 15.6. The van der Waals surface area contributed by atoms with Gasteiger partial charge >= 0.3 is 5.97 Å². The third-order valence-electron chi connectivity index (χ3n) is 5.80. The summed E-state index contributed by atoms with van der Waals surface area (Å²) >= 11 is 0. The van der Waals surface area contributed by atoms with Crippen LogP contribution in [0.5, 0.6) is 0 Å². The summed E-state index contributed by atoms with van der Waals surface area (Å²) in [5.41, 5.74) is 1.79. The van der Waals surface area contributed by atoms with E-state index in [-0.39, 0.29) is 12.5 Å². The predicted octanol–water partition coefficient (Wildman–Crippen LogP) is 4.15. The van der Waals surface area contributed by atoms with Crippen molar-refractivity contribution in [1.29, 1.82) is 0 Å². The third-order valence-corrected chi connectivity index (χ3v) is 5.80. The highest BCUT2D eigenvalue weighted by Crippen LogP contribution is 2.57. The molecule has 0 aromatic heterocycles. The SMILES string of the molecule is CC(NC(CC(=O)O)c1ccccc1)C1CCC2(CC1)CC2. The van der Waals surface area contributed by atoms with Crippen LogP contribution in [0.1, 0.15) is 63.5 Å². The number of carboxylic acid groups (broad SMARTS) is 1. The molecule has 2 saturated carbocycles. The summed E-state index contributed by atoms with van der Waals surface area (Å²) in [5.74, 6) is -0.0552. The van der Waals surface area contributed by atoms with Gasteiger partial charge in [-0.1, -0.05) is 30.3 Å². The Labute approximate surface area is 133 Å². The van der Waals surface area contributed by atoms with Crippen molar-refractivity contribution in [3.63, 3.8) is 0 Å². The molecule has 2 aliphatic rings. The van der Waals surface area contributed by atoms with E-state index in [2.05, 4.69) is 12.2 Å². The van der Waals surface area contributed by atoms with Gasteiger partial charge in [-0.15, -0.1) is 0 Å². The number of hydrogen-bond donors (Lipinski definition) is 2. The molecule has 0 amide bonds. The van der Waals surface area contributed by atoms with E-state index < -0.39 is 5.97 Å². The summed E-state index contributed by atoms with van der Waals surface area (Å²) in [5, 5.41) is 12.8. The second-order valence-corrected chi connectivity index (χ2v) is 7.35. The summed E-state index contributed by atoms with van der Waals surface area (Å²) in [6.07, 6.45) is 8.36. The quantitative estimate of drug-likeness (QED) is 0.830. The molecule has 1 spiro atoms. The number of rotatable bonds is 6. The Hall–Kier alpha value is -1.35. The monoisotopic (exact) mass is 301 g/mol. The molecule has 120 valence electrons. The van der Waals surface area contributed by atoms with Gasteiger partial charge in [-0.05, 0) is 62.3 Å². The van der Waals surface area contributed by atoms with Crippen molar-refractivity contribution in [2.45, 2.75) is 64.0 Å². The maximum atomic E-state index is 11.2. The first-order valence-corrected chi connectivity index (χ1v) is 8.61. The van der Waals surface area contributed by atoms with Crippen molar-refractivity contribution in [2.24, 2.45) is 11.3 Å². The van der Waals surface area contributed by atoms with Crippen LogP contribution in [0.15, 0.2) is 30.3 Å². The number of benzene rings is 1. The minimum Gasteiger partial charge on any atom is -0.481 e. The van der Waals surface area contributed by atoms with E-state index in [0.29, 0.717) is 12.0 Å². The molecule has 0 saturated heterocycles. The Morgan fingerprint density at radius 3 is 2.41 bits per heavy atom. The Morgan fingerprint density at radius 1 is 1.23 bits per heavy atom. The van der Waals surface area contributed by atoms with Crippen molar-refractivity contribution in [3.8, 4) is 0 Å². The molecule has 3 nitrogen and oxygen atoms in total. The highest BCUT2D eigenvalue weighted by Gasteiger charge is 2.45. The number of aliphatic carboxylic acids is 1. The lowest BCUT2D eigenvalue weighted by atomic mass is 9.77. The Kier molecular flexibility index (Phi) is 4.53. The fourth-order valence-electron chi connectivity index (χ4n) is 4.02. The molecule has 2 unspecified atom stereocenters. The second-order valence-electron chi connectivity index (χ2n) is 7.35. The van der Waals surface area contributed by atoms with Crippen molar-refractivity contribution in [3.05, 3.63) is 35.9 Å². The molecule has 0 heterocycles. The van der Waals surface area contributed by atoms with E-state index in [1.807, 2.05) is 30.3 Å². The molecular weight excluding hydrogens is 274 g/mol. The molecule has 0 aliphatic heterocycles. The Balaban J connectivity index is 1.61. The van der Waals surface area contributed by atoms with E-state index in [0.717, 1.165) is 11.0 Å². The average Bonchev–Trinajstić information content (AvgIpc) is 3.27. The first kappa shape index (κ1) is 15.5. The summed E-state index contributed by atoms with van der Waals surface area (Å²) in [7, 11) is 0. The molecule has 3 rings (SSSR count). The van der Waals surface area contributed by atoms with Crippen LogP contribution in [-0.2, 0) is 4.79 Å². The van der Waals surface area contributed by atoms with Crippen molar-refractivity contribution < 1.29 is 9.90 Å². The van der Waals surface area contributed by atoms with Gasteiger partial charge in [0.05, 0.1) is 6.42 Å². The topological polar surface area (TPSA) is 49.3 Å². The predicted molar refractivity (Wildman–Crippen MR) is 87.7 cm³/mol. The van der Waals surface area contributed by atoms with E-state index >= 15 is 0 Å². The van der Waals surface area contributed by atoms with Crippen molar-refractivity contribution >= 4 is 5.97 Å². The first-order valence-electron chi connectivity index (χ1n) is 8.61. The molecular formula is C19H27NO2. The lowest BCUT2D eigenvalue weighted by Gasteiger charge is -2.34. The minimum absolute atomic E-state index is 0.0921. The fraction of sp³-hybridized carbons (Fsp3) is 0.632. The maximum absolute atomic E-state index is 11.2. The zero-order valence-electron chi connectivity index (χ0n) is 13.4. The summed E-state index contributed by atoms with van der Waals surface area (Å²) in [6.45, 7) is 2.23. The van der Waals surface area contributed by atoms with Gasteiger partial charge in [0.1, 0.15) is 0 Å². The van der Waals surface area contributed by atoms with Crippen LogP contribution in [0.3, 0.4) is 0 Å². The van der Waals surface area contributed by atoms with Crippen LogP contribution in [0.2, 0.25) is 0 Å². The molecule has 1 aromatic rings. The Bertz CT molecular complexity index is 499. The number of hydrogen-bond acceptors (Lipinski definition) is 2. The maximum Gasteiger partial charge on any atom is 0.305 e. The van der Waals surface area contributed by atoms with Gasteiger partial charge in [0, 0.05) is 12.1 Å². The Morgan fingerprint density at radius 2 is 1.86 bits per heavy atom. The molecule has 0 bridgehead atoms. The molecule has 2 fully saturated rings. The van der Waals surface area contributed by atoms with E-state index in [9.17, 15) is 9.90 Å². The smallest absolute Gasteiger partial charge is 0.305 e. The molecule has 0 radical (unpaired) electrons. The molecule has 3 heteroatoms. The van der Waals surface area contributed by atoms with E-state index in [1.165, 1.54) is 38.5 Å². The highest BCUT2D eigenvalue weighted by atomic mass is 16.4. The second kappa shape index (κ2) is 6.41. The van der Waals surface area contributed by atoms with E-state index in [4.69, 9.17) is 0 Å². The van der Waals surface area contributed by atoms with Gasteiger partial charge in [-0.2, -0.15) is 0 Å². The van der Waals surface area contributed by atoms with Crippen LogP contribution < -0.4 is 5.32 Å². The molecule has 2 N–H and O–H groups in total. The molecule has 2 atom stereocenters. The molecule has 2 aliphatic carbocycles. The molecule has 1 aromatic carbocycles. The normalized spacial score (nSPS) is 23.1. The van der Waals surface area contributed by atoms with Crippen LogP contribution >= 0.6 is 0 Å². The van der Waals surface area contributed by atoms with E-state index in [1.54, 1.807) is 0 Å². The van der Waals surface area contributed by atoms with Gasteiger partial charge in [-0.25, -0.2) is 0 Å². The van der Waals surface area contributed by atoms with Crippen LogP contribution in [0, 0.1) is 11.3 Å². The van der Waals surface area contributed by atoms with Gasteiger partial charge < -0.3 is 10.4 Å². The van der Waals surface area contributed by atoms with Crippen molar-refractivity contribution in [2.75, 3.05) is 0 Å². The minimum atomic E-state index is -0.742. The highest BCUT2D eigenvalue weighted by molar-refractivity contribution is 5.67. The molecule has 22 heavy (non-hydrogen) atoms. The first-order chi connectivity index (χ1) is 10.6. The third kappa shape index (κ3) is 3.70. The van der Waals surface area contributed by atoms with Crippen LogP contribution in [0.25, 0.3) is 0 Å². The largest absolute Gasteiger partial charge is 0.481 e. The number of nitrogens with one attached hydrogen (secondary N) is 1. The number of carbonyl (C=O) groups is 1. The van der Waals surface area contributed by atoms with Gasteiger partial charge in [0.2, 0.25) is 0 Å². The summed E-state index contributed by atoms with van der Waals surface area (Å²) in [4.78, 5) is 11.2. The van der Waals surface area contributed by atoms with Gasteiger partial charge in [0.15, 0.2) is 0 Å². The fourth-order valence-corrected chi connectivity index (χ4v) is 4.02. The lowest BCUT2D eigenvalue weighted by Crippen LogP contribution is -2.39. The lowest BCUT2D eigenvalue weighted by molar-refractivity contribution is -0.137. The average molecular weight is 301 g/mol. The van der Waals surface area contributed by atoms with Crippen LogP contribution in [-0.4, -0.2) is 17.1 Å². The van der Waals surface area contributed by atoms with Gasteiger partial charge in [0.25, 0.3) is 0 Å². The standard InChI is InChI=1S/C19H27NO2/c1-14(15-7-9-19(10-8-15)11-12-19)20-17(13-18(21)22)16-5-3-2-4-6-16/h2-6,14-15,17,20H,7-13H2,1H3,(H,21,22). The summed E-state index contributed by atoms with van der Waals surface area (Å²) in [6, 6.07) is 10.3. The van der Waals surface area contributed by atoms with Gasteiger partial charge in [-0.3, -0.25) is 4.79 Å². The number of carboxylic acids is 1.